The van der Waals surface area contributed by atoms with Crippen LogP contribution in [0.4, 0.5) is 0 Å². The Balaban J connectivity index is 2.49. The van der Waals surface area contributed by atoms with E-state index in [4.69, 9.17) is 9.47 Å². The Hall–Kier alpha value is -1.68. The smallest absolute Gasteiger partial charge is 0.356 e. The summed E-state index contributed by atoms with van der Waals surface area (Å²) >= 11 is 0. The lowest BCUT2D eigenvalue weighted by atomic mass is 9.96. The molecule has 0 aliphatic heterocycles. The number of carbonyl (C=O) groups excluding carboxylic acids is 1. The van der Waals surface area contributed by atoms with Crippen molar-refractivity contribution >= 4 is 12.0 Å². The van der Waals surface area contributed by atoms with Gasteiger partial charge in [0, 0.05) is 7.11 Å². The molecule has 90 valence electrons. The van der Waals surface area contributed by atoms with Crippen molar-refractivity contribution in [3.8, 4) is 0 Å². The molecule has 0 fully saturated rings. The SMILES string of the molecule is COCc1cc(C(=O)OC)nc2c1CCC=C2. The first-order valence-electron chi connectivity index (χ1n) is 5.53. The molecule has 1 aliphatic rings. The van der Waals surface area contributed by atoms with Crippen molar-refractivity contribution in [3.05, 3.63) is 34.7 Å². The van der Waals surface area contributed by atoms with Crippen molar-refractivity contribution in [1.29, 1.82) is 0 Å². The van der Waals surface area contributed by atoms with Crippen LogP contribution < -0.4 is 0 Å². The van der Waals surface area contributed by atoms with Gasteiger partial charge in [-0.15, -0.1) is 0 Å². The predicted molar refractivity (Wildman–Crippen MR) is 63.6 cm³/mol. The van der Waals surface area contributed by atoms with E-state index in [1.807, 2.05) is 6.08 Å². The molecule has 0 atom stereocenters. The molecule has 0 radical (unpaired) electrons. The Morgan fingerprint density at radius 2 is 2.29 bits per heavy atom. The normalized spacial score (nSPS) is 13.3. The minimum atomic E-state index is -0.413. The van der Waals surface area contributed by atoms with Gasteiger partial charge < -0.3 is 9.47 Å². The van der Waals surface area contributed by atoms with E-state index in [1.54, 1.807) is 13.2 Å². The second-order valence-corrected chi connectivity index (χ2v) is 3.90. The molecule has 0 unspecified atom stereocenters. The Morgan fingerprint density at radius 3 is 3.00 bits per heavy atom. The molecule has 0 saturated carbocycles. The first-order chi connectivity index (χ1) is 8.26. The van der Waals surface area contributed by atoms with E-state index in [0.717, 1.165) is 24.1 Å². The molecule has 1 heterocycles. The Bertz CT molecular complexity index is 466. The van der Waals surface area contributed by atoms with Gasteiger partial charge in [0.2, 0.25) is 0 Å². The van der Waals surface area contributed by atoms with Gasteiger partial charge in [0.05, 0.1) is 19.4 Å². The number of aromatic nitrogens is 1. The van der Waals surface area contributed by atoms with Crippen molar-refractivity contribution in [2.45, 2.75) is 19.4 Å². The first kappa shape index (κ1) is 11.8. The second-order valence-electron chi connectivity index (χ2n) is 3.90. The Labute approximate surface area is 100 Å². The molecular weight excluding hydrogens is 218 g/mol. The van der Waals surface area contributed by atoms with E-state index in [0.29, 0.717) is 12.3 Å². The minimum absolute atomic E-state index is 0.338. The minimum Gasteiger partial charge on any atom is -0.464 e. The Morgan fingerprint density at radius 1 is 1.47 bits per heavy atom. The number of hydrogen-bond acceptors (Lipinski definition) is 4. The number of ether oxygens (including phenoxy) is 2. The number of rotatable bonds is 3. The van der Waals surface area contributed by atoms with Crippen LogP contribution in [0.5, 0.6) is 0 Å². The number of nitrogens with zero attached hydrogens (tertiary/aromatic N) is 1. The first-order valence-corrected chi connectivity index (χ1v) is 5.53. The van der Waals surface area contributed by atoms with Crippen molar-refractivity contribution in [2.24, 2.45) is 0 Å². The number of allylic oxidation sites excluding steroid dienone is 1. The Kier molecular flexibility index (Phi) is 3.54. The molecule has 0 amide bonds. The molecule has 0 saturated heterocycles. The molecule has 1 aromatic rings. The summed E-state index contributed by atoms with van der Waals surface area (Å²) in [5.41, 5.74) is 3.38. The zero-order valence-electron chi connectivity index (χ0n) is 10.0. The van der Waals surface area contributed by atoms with Crippen LogP contribution in [-0.2, 0) is 22.5 Å². The third-order valence-electron chi connectivity index (χ3n) is 2.78. The van der Waals surface area contributed by atoms with E-state index in [9.17, 15) is 4.79 Å². The molecule has 0 bridgehead atoms. The summed E-state index contributed by atoms with van der Waals surface area (Å²) in [6.45, 7) is 0.489. The van der Waals surface area contributed by atoms with Gasteiger partial charge in [0.1, 0.15) is 5.69 Å². The van der Waals surface area contributed by atoms with Crippen LogP contribution in [0, 0.1) is 0 Å². The fourth-order valence-electron chi connectivity index (χ4n) is 1.99. The summed E-state index contributed by atoms with van der Waals surface area (Å²) in [5.74, 6) is -0.413. The fraction of sp³-hybridized carbons (Fsp3) is 0.385. The molecule has 0 aromatic carbocycles. The van der Waals surface area contributed by atoms with Crippen molar-refractivity contribution < 1.29 is 14.3 Å². The van der Waals surface area contributed by atoms with Gasteiger partial charge in [-0.25, -0.2) is 9.78 Å². The second kappa shape index (κ2) is 5.10. The molecule has 2 rings (SSSR count). The van der Waals surface area contributed by atoms with E-state index in [-0.39, 0.29) is 0 Å². The highest BCUT2D eigenvalue weighted by Gasteiger charge is 2.16. The monoisotopic (exact) mass is 233 g/mol. The summed E-state index contributed by atoms with van der Waals surface area (Å²) in [4.78, 5) is 15.8. The maximum absolute atomic E-state index is 11.5. The molecule has 1 aromatic heterocycles. The van der Waals surface area contributed by atoms with Crippen LogP contribution in [0.2, 0.25) is 0 Å². The molecule has 4 nitrogen and oxygen atoms in total. The lowest BCUT2D eigenvalue weighted by molar-refractivity contribution is 0.0593. The molecular formula is C13H15NO3. The third kappa shape index (κ3) is 2.36. The van der Waals surface area contributed by atoms with E-state index < -0.39 is 5.97 Å². The molecule has 4 heteroatoms. The maximum atomic E-state index is 11.5. The van der Waals surface area contributed by atoms with Crippen molar-refractivity contribution in [3.63, 3.8) is 0 Å². The van der Waals surface area contributed by atoms with Crippen molar-refractivity contribution in [1.82, 2.24) is 4.98 Å². The van der Waals surface area contributed by atoms with Gasteiger partial charge in [-0.05, 0) is 36.1 Å². The van der Waals surface area contributed by atoms with Crippen LogP contribution in [0.1, 0.15) is 33.7 Å². The number of hydrogen-bond donors (Lipinski definition) is 0. The highest BCUT2D eigenvalue weighted by atomic mass is 16.5. The quantitative estimate of drug-likeness (QED) is 0.749. The zero-order chi connectivity index (χ0) is 12.3. The van der Waals surface area contributed by atoms with Gasteiger partial charge >= 0.3 is 5.97 Å². The number of methoxy groups -OCH3 is 2. The highest BCUT2D eigenvalue weighted by Crippen LogP contribution is 2.23. The van der Waals surface area contributed by atoms with Crippen LogP contribution >= 0.6 is 0 Å². The van der Waals surface area contributed by atoms with Crippen LogP contribution in [0.3, 0.4) is 0 Å². The standard InChI is InChI=1S/C13H15NO3/c1-16-8-9-7-12(13(15)17-2)14-11-6-4-3-5-10(9)11/h4,6-7H,3,5,8H2,1-2H3. The summed E-state index contributed by atoms with van der Waals surface area (Å²) in [5, 5.41) is 0. The third-order valence-corrected chi connectivity index (χ3v) is 2.78. The van der Waals surface area contributed by atoms with Crippen LogP contribution in [-0.4, -0.2) is 25.2 Å². The predicted octanol–water partition coefficient (Wildman–Crippen LogP) is 1.97. The van der Waals surface area contributed by atoms with Gasteiger partial charge in [-0.1, -0.05) is 6.08 Å². The molecule has 0 spiro atoms. The van der Waals surface area contributed by atoms with Gasteiger partial charge in [0.15, 0.2) is 0 Å². The fourth-order valence-corrected chi connectivity index (χ4v) is 1.99. The molecule has 17 heavy (non-hydrogen) atoms. The van der Waals surface area contributed by atoms with E-state index in [1.165, 1.54) is 12.7 Å². The summed E-state index contributed by atoms with van der Waals surface area (Å²) in [6, 6.07) is 1.76. The lowest BCUT2D eigenvalue weighted by Crippen LogP contribution is -2.11. The van der Waals surface area contributed by atoms with Gasteiger partial charge in [-0.3, -0.25) is 0 Å². The summed E-state index contributed by atoms with van der Waals surface area (Å²) in [6.07, 6.45) is 5.96. The number of pyridine rings is 1. The topological polar surface area (TPSA) is 48.4 Å². The highest BCUT2D eigenvalue weighted by molar-refractivity contribution is 5.88. The maximum Gasteiger partial charge on any atom is 0.356 e. The largest absolute Gasteiger partial charge is 0.464 e. The number of esters is 1. The van der Waals surface area contributed by atoms with Crippen LogP contribution in [0.15, 0.2) is 12.1 Å². The molecule has 0 N–H and O–H groups in total. The van der Waals surface area contributed by atoms with Crippen molar-refractivity contribution in [2.75, 3.05) is 14.2 Å². The average molecular weight is 233 g/mol. The van der Waals surface area contributed by atoms with E-state index >= 15 is 0 Å². The van der Waals surface area contributed by atoms with Gasteiger partial charge in [-0.2, -0.15) is 0 Å². The molecule has 1 aliphatic carbocycles. The van der Waals surface area contributed by atoms with Gasteiger partial charge in [0.25, 0.3) is 0 Å². The summed E-state index contributed by atoms with van der Waals surface area (Å²) in [7, 11) is 3.00. The summed E-state index contributed by atoms with van der Waals surface area (Å²) < 4.78 is 9.85. The average Bonchev–Trinajstić information content (AvgIpc) is 2.38. The van der Waals surface area contributed by atoms with Crippen LogP contribution in [0.25, 0.3) is 6.08 Å². The number of carbonyl (C=O) groups is 1. The van der Waals surface area contributed by atoms with E-state index in [2.05, 4.69) is 11.1 Å². The lowest BCUT2D eigenvalue weighted by Gasteiger charge is -2.15. The zero-order valence-corrected chi connectivity index (χ0v) is 10.0. The number of fused-ring (bicyclic) bond motifs is 1.